The van der Waals surface area contributed by atoms with Crippen LogP contribution in [0.4, 0.5) is 0 Å². The number of aromatic nitrogens is 2. The largest absolute Gasteiger partial charge is 0.351 e. The van der Waals surface area contributed by atoms with Crippen molar-refractivity contribution in [1.29, 1.82) is 0 Å². The summed E-state index contributed by atoms with van der Waals surface area (Å²) in [4.78, 5) is 25.5. The fourth-order valence-corrected chi connectivity index (χ4v) is 4.25. The zero-order valence-electron chi connectivity index (χ0n) is 16.4. The molecule has 0 spiro atoms. The maximum Gasteiger partial charge on any atom is 0.234 e. The number of hydrogen-bond donors (Lipinski definition) is 1. The summed E-state index contributed by atoms with van der Waals surface area (Å²) in [5.74, 6) is 0.0714. The van der Waals surface area contributed by atoms with E-state index in [4.69, 9.17) is 0 Å². The number of nitrogens with one attached hydrogen (secondary N) is 1. The van der Waals surface area contributed by atoms with Gasteiger partial charge in [-0.1, -0.05) is 24.3 Å². The van der Waals surface area contributed by atoms with Gasteiger partial charge >= 0.3 is 0 Å². The molecule has 0 saturated carbocycles. The molecule has 2 aromatic rings. The molecule has 0 bridgehead atoms. The minimum Gasteiger partial charge on any atom is -0.351 e. The second-order valence-corrected chi connectivity index (χ2v) is 7.84. The fraction of sp³-hybridized carbons (Fsp3) is 0.500. The molecular formula is C22H29N5O. The van der Waals surface area contributed by atoms with Crippen molar-refractivity contribution in [1.82, 2.24) is 25.1 Å². The standard InChI is InChI=1S/C22H29N5O/c28-22(16-27-13-3-4-21(27)20-9-10-23-17-25-20)24-14-18-5-7-19(8-6-18)15-26-11-1-2-12-26/h5-10,17,21H,1-4,11-16H2,(H,24,28). The average molecular weight is 380 g/mol. The first-order valence-electron chi connectivity index (χ1n) is 10.3. The molecule has 4 rings (SSSR count). The summed E-state index contributed by atoms with van der Waals surface area (Å²) in [7, 11) is 0. The highest BCUT2D eigenvalue weighted by molar-refractivity contribution is 5.78. The second-order valence-electron chi connectivity index (χ2n) is 7.84. The lowest BCUT2D eigenvalue weighted by atomic mass is 10.1. The number of carbonyl (C=O) groups is 1. The third-order valence-corrected chi connectivity index (χ3v) is 5.77. The molecular weight excluding hydrogens is 350 g/mol. The molecule has 2 fully saturated rings. The monoisotopic (exact) mass is 379 g/mol. The minimum absolute atomic E-state index is 0.0714. The SMILES string of the molecule is O=C(CN1CCCC1c1ccncn1)NCc1ccc(CN2CCCC2)cc1. The number of rotatable bonds is 7. The van der Waals surface area contributed by atoms with E-state index in [2.05, 4.69) is 49.4 Å². The Balaban J connectivity index is 1.25. The van der Waals surface area contributed by atoms with E-state index in [9.17, 15) is 4.79 Å². The van der Waals surface area contributed by atoms with E-state index in [1.54, 1.807) is 12.5 Å². The predicted molar refractivity (Wildman–Crippen MR) is 108 cm³/mol. The van der Waals surface area contributed by atoms with E-state index in [-0.39, 0.29) is 11.9 Å². The number of nitrogens with zero attached hydrogens (tertiary/aromatic N) is 4. The van der Waals surface area contributed by atoms with Crippen molar-refractivity contribution >= 4 is 5.91 Å². The van der Waals surface area contributed by atoms with Crippen LogP contribution < -0.4 is 5.32 Å². The first-order valence-corrected chi connectivity index (χ1v) is 10.3. The van der Waals surface area contributed by atoms with Gasteiger partial charge in [-0.25, -0.2) is 9.97 Å². The first kappa shape index (κ1) is 19.0. The van der Waals surface area contributed by atoms with Crippen LogP contribution >= 0.6 is 0 Å². The van der Waals surface area contributed by atoms with Crippen LogP contribution in [0, 0.1) is 0 Å². The molecule has 2 saturated heterocycles. The molecule has 6 heteroatoms. The molecule has 3 heterocycles. The van der Waals surface area contributed by atoms with Gasteiger partial charge in [0.2, 0.25) is 5.91 Å². The van der Waals surface area contributed by atoms with Gasteiger partial charge in [-0.3, -0.25) is 14.6 Å². The minimum atomic E-state index is 0.0714. The highest BCUT2D eigenvalue weighted by atomic mass is 16.2. The van der Waals surface area contributed by atoms with Crippen LogP contribution in [-0.2, 0) is 17.9 Å². The van der Waals surface area contributed by atoms with Crippen molar-refractivity contribution in [3.63, 3.8) is 0 Å². The van der Waals surface area contributed by atoms with Gasteiger partial charge in [0.25, 0.3) is 0 Å². The maximum absolute atomic E-state index is 12.5. The number of hydrogen-bond acceptors (Lipinski definition) is 5. The highest BCUT2D eigenvalue weighted by Crippen LogP contribution is 2.29. The fourth-order valence-electron chi connectivity index (χ4n) is 4.25. The molecule has 1 amide bonds. The van der Waals surface area contributed by atoms with Gasteiger partial charge in [-0.2, -0.15) is 0 Å². The lowest BCUT2D eigenvalue weighted by molar-refractivity contribution is -0.122. The van der Waals surface area contributed by atoms with Crippen LogP contribution in [0.15, 0.2) is 42.9 Å². The Morgan fingerprint density at radius 1 is 1.04 bits per heavy atom. The Kier molecular flexibility index (Phi) is 6.29. The van der Waals surface area contributed by atoms with Gasteiger partial charge in [0, 0.05) is 19.3 Å². The van der Waals surface area contributed by atoms with Crippen LogP contribution in [0.1, 0.15) is 48.5 Å². The third kappa shape index (κ3) is 4.94. The molecule has 2 aliphatic heterocycles. The molecule has 148 valence electrons. The topological polar surface area (TPSA) is 61.4 Å². The van der Waals surface area contributed by atoms with E-state index < -0.39 is 0 Å². The van der Waals surface area contributed by atoms with Crippen molar-refractivity contribution in [3.05, 3.63) is 59.7 Å². The van der Waals surface area contributed by atoms with Crippen molar-refractivity contribution < 1.29 is 4.79 Å². The number of amides is 1. The predicted octanol–water partition coefficient (Wildman–Crippen LogP) is 2.53. The van der Waals surface area contributed by atoms with Crippen LogP contribution in [0.25, 0.3) is 0 Å². The van der Waals surface area contributed by atoms with Crippen LogP contribution in [0.5, 0.6) is 0 Å². The van der Waals surface area contributed by atoms with Gasteiger partial charge < -0.3 is 5.32 Å². The van der Waals surface area contributed by atoms with Crippen molar-refractivity contribution in [3.8, 4) is 0 Å². The average Bonchev–Trinajstić information content (AvgIpc) is 3.40. The zero-order valence-corrected chi connectivity index (χ0v) is 16.4. The summed E-state index contributed by atoms with van der Waals surface area (Å²) in [5.41, 5.74) is 3.50. The first-order chi connectivity index (χ1) is 13.8. The summed E-state index contributed by atoms with van der Waals surface area (Å²) in [6.45, 7) is 5.39. The van der Waals surface area contributed by atoms with E-state index in [0.717, 1.165) is 37.2 Å². The Hall–Kier alpha value is -2.31. The van der Waals surface area contributed by atoms with Crippen LogP contribution in [-0.4, -0.2) is 51.9 Å². The molecule has 0 aliphatic carbocycles. The molecule has 1 unspecified atom stereocenters. The van der Waals surface area contributed by atoms with E-state index in [1.807, 2.05) is 6.07 Å². The van der Waals surface area contributed by atoms with Gasteiger partial charge in [0.15, 0.2) is 0 Å². The lowest BCUT2D eigenvalue weighted by Crippen LogP contribution is -2.36. The van der Waals surface area contributed by atoms with Crippen LogP contribution in [0.3, 0.4) is 0 Å². The molecule has 6 nitrogen and oxygen atoms in total. The van der Waals surface area contributed by atoms with Gasteiger partial charge in [0.1, 0.15) is 6.33 Å². The molecule has 1 atom stereocenters. The molecule has 0 radical (unpaired) electrons. The number of likely N-dealkylation sites (tertiary alicyclic amines) is 2. The van der Waals surface area contributed by atoms with Gasteiger partial charge in [-0.05, 0) is 62.5 Å². The zero-order chi connectivity index (χ0) is 19.2. The van der Waals surface area contributed by atoms with Crippen molar-refractivity contribution in [2.45, 2.75) is 44.8 Å². The smallest absolute Gasteiger partial charge is 0.234 e. The summed E-state index contributed by atoms with van der Waals surface area (Å²) in [5, 5.41) is 3.07. The number of benzene rings is 1. The molecule has 1 aromatic carbocycles. The number of carbonyl (C=O) groups excluding carboxylic acids is 1. The Bertz CT molecular complexity index is 758. The summed E-state index contributed by atoms with van der Waals surface area (Å²) in [6.07, 6.45) is 8.13. The van der Waals surface area contributed by atoms with E-state index in [0.29, 0.717) is 13.1 Å². The van der Waals surface area contributed by atoms with E-state index >= 15 is 0 Å². The summed E-state index contributed by atoms with van der Waals surface area (Å²) >= 11 is 0. The third-order valence-electron chi connectivity index (χ3n) is 5.77. The quantitative estimate of drug-likeness (QED) is 0.801. The van der Waals surface area contributed by atoms with E-state index in [1.165, 1.54) is 31.5 Å². The highest BCUT2D eigenvalue weighted by Gasteiger charge is 2.28. The van der Waals surface area contributed by atoms with Crippen molar-refractivity contribution in [2.24, 2.45) is 0 Å². The Morgan fingerprint density at radius 2 is 1.82 bits per heavy atom. The molecule has 1 aromatic heterocycles. The normalized spacial score (nSPS) is 20.5. The summed E-state index contributed by atoms with van der Waals surface area (Å²) < 4.78 is 0. The van der Waals surface area contributed by atoms with Gasteiger partial charge in [-0.15, -0.1) is 0 Å². The molecule has 2 aliphatic rings. The second kappa shape index (κ2) is 9.26. The maximum atomic E-state index is 12.5. The van der Waals surface area contributed by atoms with Gasteiger partial charge in [0.05, 0.1) is 18.3 Å². The summed E-state index contributed by atoms with van der Waals surface area (Å²) in [6, 6.07) is 10.8. The molecule has 1 N–H and O–H groups in total. The molecule has 28 heavy (non-hydrogen) atoms. The Labute approximate surface area is 167 Å². The van der Waals surface area contributed by atoms with Crippen molar-refractivity contribution in [2.75, 3.05) is 26.2 Å². The lowest BCUT2D eigenvalue weighted by Gasteiger charge is -2.23. The Morgan fingerprint density at radius 3 is 2.57 bits per heavy atom. The van der Waals surface area contributed by atoms with Crippen LogP contribution in [0.2, 0.25) is 0 Å².